The van der Waals surface area contributed by atoms with Crippen LogP contribution in [0.3, 0.4) is 0 Å². The van der Waals surface area contributed by atoms with Gasteiger partial charge in [0.1, 0.15) is 0 Å². The van der Waals surface area contributed by atoms with Crippen molar-refractivity contribution in [3.8, 4) is 0 Å². The molecule has 0 aliphatic carbocycles. The number of aliphatic carboxylic acids is 1. The van der Waals surface area contributed by atoms with Crippen molar-refractivity contribution in [3.63, 3.8) is 0 Å². The van der Waals surface area contributed by atoms with Crippen molar-refractivity contribution in [1.82, 2.24) is 15.0 Å². The minimum Gasteiger partial charge on any atom is -0.481 e. The molecule has 0 spiro atoms. The number of carbonyl (C=O) groups is 2. The van der Waals surface area contributed by atoms with Gasteiger partial charge in [-0.15, -0.1) is 12.4 Å². The number of nitrogens with zero attached hydrogens (tertiary/aromatic N) is 3. The van der Waals surface area contributed by atoms with E-state index in [0.717, 1.165) is 5.69 Å². The van der Waals surface area contributed by atoms with Crippen LogP contribution in [-0.4, -0.2) is 45.1 Å². The Morgan fingerprint density at radius 2 is 2.12 bits per heavy atom. The third kappa shape index (κ3) is 3.08. The topological polar surface area (TPSA) is 96.5 Å². The van der Waals surface area contributed by atoms with E-state index in [0.29, 0.717) is 35.3 Å². The molecule has 130 valence electrons. The van der Waals surface area contributed by atoms with Crippen molar-refractivity contribution in [2.45, 2.75) is 33.1 Å². The molecule has 0 saturated carbocycles. The van der Waals surface area contributed by atoms with Crippen LogP contribution in [0, 0.1) is 12.8 Å². The first kappa shape index (κ1) is 18.2. The Hall–Kier alpha value is -2.15. The summed E-state index contributed by atoms with van der Waals surface area (Å²) in [5, 5.41) is 13.6. The van der Waals surface area contributed by atoms with Crippen LogP contribution in [0.1, 0.15) is 47.9 Å². The summed E-state index contributed by atoms with van der Waals surface area (Å²) in [4.78, 5) is 30.0. The number of halogens is 1. The highest BCUT2D eigenvalue weighted by atomic mass is 35.5. The van der Waals surface area contributed by atoms with Gasteiger partial charge in [-0.1, -0.05) is 19.0 Å². The first-order valence-corrected chi connectivity index (χ1v) is 7.67. The van der Waals surface area contributed by atoms with E-state index in [1.807, 2.05) is 13.8 Å². The van der Waals surface area contributed by atoms with E-state index in [9.17, 15) is 9.59 Å². The van der Waals surface area contributed by atoms with E-state index in [1.54, 1.807) is 17.9 Å². The Balaban J connectivity index is 0.00000208. The zero-order valence-electron chi connectivity index (χ0n) is 13.8. The molecule has 1 aliphatic rings. The summed E-state index contributed by atoms with van der Waals surface area (Å²) in [6.45, 7) is 6.42. The molecule has 3 heterocycles. The fraction of sp³-hybridized carbons (Fsp3) is 0.500. The van der Waals surface area contributed by atoms with E-state index in [1.165, 1.54) is 0 Å². The van der Waals surface area contributed by atoms with E-state index in [2.05, 4.69) is 10.1 Å². The number of carboxylic acid groups (broad SMARTS) is 1. The van der Waals surface area contributed by atoms with Crippen LogP contribution in [-0.2, 0) is 4.79 Å². The molecule has 24 heavy (non-hydrogen) atoms. The van der Waals surface area contributed by atoms with E-state index < -0.39 is 11.9 Å². The average molecular weight is 354 g/mol. The molecular formula is C16H20ClN3O4. The molecule has 1 fully saturated rings. The van der Waals surface area contributed by atoms with Crippen molar-refractivity contribution < 1.29 is 19.2 Å². The molecule has 3 rings (SSSR count). The lowest BCUT2D eigenvalue weighted by Gasteiger charge is -2.17. The molecule has 1 aliphatic heterocycles. The number of rotatable bonds is 3. The van der Waals surface area contributed by atoms with Gasteiger partial charge in [0.05, 0.1) is 22.6 Å². The number of hydrogen-bond donors (Lipinski definition) is 1. The Morgan fingerprint density at radius 1 is 1.42 bits per heavy atom. The van der Waals surface area contributed by atoms with Crippen molar-refractivity contribution in [2.24, 2.45) is 5.92 Å². The maximum atomic E-state index is 12.9. The maximum Gasteiger partial charge on any atom is 0.308 e. The van der Waals surface area contributed by atoms with Gasteiger partial charge < -0.3 is 14.5 Å². The molecule has 8 heteroatoms. The molecule has 1 atom stereocenters. The van der Waals surface area contributed by atoms with Crippen molar-refractivity contribution in [3.05, 3.63) is 23.0 Å². The maximum absolute atomic E-state index is 12.9. The van der Waals surface area contributed by atoms with Gasteiger partial charge >= 0.3 is 5.97 Å². The van der Waals surface area contributed by atoms with Crippen LogP contribution in [0.5, 0.6) is 0 Å². The number of carbonyl (C=O) groups excluding carboxylic acids is 1. The number of aryl methyl sites for hydroxylation is 1. The van der Waals surface area contributed by atoms with Crippen LogP contribution in [0.4, 0.5) is 0 Å². The van der Waals surface area contributed by atoms with Gasteiger partial charge in [-0.25, -0.2) is 4.98 Å². The second-order valence-electron chi connectivity index (χ2n) is 6.27. The average Bonchev–Trinajstić information content (AvgIpc) is 3.13. The van der Waals surface area contributed by atoms with Crippen LogP contribution in [0.25, 0.3) is 11.1 Å². The molecule has 1 unspecified atom stereocenters. The Morgan fingerprint density at radius 3 is 2.71 bits per heavy atom. The molecule has 1 amide bonds. The number of carboxylic acids is 1. The molecule has 7 nitrogen and oxygen atoms in total. The zero-order valence-corrected chi connectivity index (χ0v) is 14.6. The number of likely N-dealkylation sites (tertiary alicyclic amines) is 1. The number of pyridine rings is 1. The quantitative estimate of drug-likeness (QED) is 0.911. The number of fused-ring (bicyclic) bond motifs is 1. The molecule has 1 saturated heterocycles. The highest BCUT2D eigenvalue weighted by molar-refractivity contribution is 6.06. The monoisotopic (exact) mass is 353 g/mol. The van der Waals surface area contributed by atoms with Crippen LogP contribution >= 0.6 is 12.4 Å². The first-order chi connectivity index (χ1) is 10.9. The van der Waals surface area contributed by atoms with Crippen LogP contribution in [0.2, 0.25) is 0 Å². The molecular weight excluding hydrogens is 334 g/mol. The smallest absolute Gasteiger partial charge is 0.308 e. The fourth-order valence-corrected chi connectivity index (χ4v) is 2.89. The van der Waals surface area contributed by atoms with Crippen LogP contribution < -0.4 is 0 Å². The lowest BCUT2D eigenvalue weighted by Crippen LogP contribution is -2.30. The molecule has 2 aromatic heterocycles. The molecule has 0 aromatic carbocycles. The summed E-state index contributed by atoms with van der Waals surface area (Å²) < 4.78 is 5.23. The molecule has 2 aromatic rings. The zero-order chi connectivity index (χ0) is 16.7. The van der Waals surface area contributed by atoms with E-state index in [-0.39, 0.29) is 30.8 Å². The summed E-state index contributed by atoms with van der Waals surface area (Å²) in [5.74, 6) is -1.40. The van der Waals surface area contributed by atoms with Crippen LogP contribution in [0.15, 0.2) is 10.6 Å². The van der Waals surface area contributed by atoms with Crippen molar-refractivity contribution in [1.29, 1.82) is 0 Å². The predicted molar refractivity (Wildman–Crippen MR) is 89.5 cm³/mol. The number of amides is 1. The fourth-order valence-electron chi connectivity index (χ4n) is 2.89. The predicted octanol–water partition coefficient (Wildman–Crippen LogP) is 2.62. The van der Waals surface area contributed by atoms with Gasteiger partial charge in [0.2, 0.25) is 0 Å². The van der Waals surface area contributed by atoms with Gasteiger partial charge in [-0.05, 0) is 25.3 Å². The standard InChI is InChI=1S/C16H19N3O4.ClH/c1-8(2)12-6-11(13-9(3)18-23-14(13)17-12)15(20)19-5-4-10(7-19)16(21)22;/h6,8,10H,4-5,7H2,1-3H3,(H,21,22);1H. The minimum atomic E-state index is -0.857. The van der Waals surface area contributed by atoms with Gasteiger partial charge in [0.15, 0.2) is 0 Å². The summed E-state index contributed by atoms with van der Waals surface area (Å²) in [6.07, 6.45) is 0.481. The number of aromatic nitrogens is 2. The van der Waals surface area contributed by atoms with E-state index >= 15 is 0 Å². The highest BCUT2D eigenvalue weighted by Gasteiger charge is 2.33. The first-order valence-electron chi connectivity index (χ1n) is 7.67. The van der Waals surface area contributed by atoms with Gasteiger partial charge in [-0.3, -0.25) is 9.59 Å². The lowest BCUT2D eigenvalue weighted by molar-refractivity contribution is -0.141. The van der Waals surface area contributed by atoms with Gasteiger partial charge in [-0.2, -0.15) is 0 Å². The van der Waals surface area contributed by atoms with E-state index in [4.69, 9.17) is 9.63 Å². The lowest BCUT2D eigenvalue weighted by atomic mass is 10.0. The largest absolute Gasteiger partial charge is 0.481 e. The second kappa shape index (κ2) is 6.76. The summed E-state index contributed by atoms with van der Waals surface area (Å²) in [5.41, 5.74) is 2.21. The third-order valence-corrected chi connectivity index (χ3v) is 4.28. The SMILES string of the molecule is Cc1noc2nc(C(C)C)cc(C(=O)N3CCC(C(=O)O)C3)c12.Cl. The molecule has 0 bridgehead atoms. The normalized spacial score (nSPS) is 17.3. The summed E-state index contributed by atoms with van der Waals surface area (Å²) in [7, 11) is 0. The summed E-state index contributed by atoms with van der Waals surface area (Å²) in [6, 6.07) is 1.77. The minimum absolute atomic E-state index is 0. The second-order valence-corrected chi connectivity index (χ2v) is 6.27. The van der Waals surface area contributed by atoms with Crippen molar-refractivity contribution >= 4 is 35.4 Å². The molecule has 1 N–H and O–H groups in total. The van der Waals surface area contributed by atoms with Gasteiger partial charge in [0.25, 0.3) is 11.6 Å². The Kier molecular flexibility index (Phi) is 5.13. The third-order valence-electron chi connectivity index (χ3n) is 4.28. The van der Waals surface area contributed by atoms with Crippen molar-refractivity contribution in [2.75, 3.05) is 13.1 Å². The number of hydrogen-bond acceptors (Lipinski definition) is 5. The Bertz CT molecular complexity index is 787. The molecule has 0 radical (unpaired) electrons. The summed E-state index contributed by atoms with van der Waals surface area (Å²) >= 11 is 0. The highest BCUT2D eigenvalue weighted by Crippen LogP contribution is 2.28. The van der Waals surface area contributed by atoms with Gasteiger partial charge in [0, 0.05) is 18.8 Å². The Labute approximate surface area is 145 Å².